The highest BCUT2D eigenvalue weighted by Crippen LogP contribution is 2.32. The van der Waals surface area contributed by atoms with Gasteiger partial charge in [-0.1, -0.05) is 12.1 Å². The van der Waals surface area contributed by atoms with E-state index < -0.39 is 36.4 Å². The molecular formula is C26H27F10N3O7. The maximum Gasteiger partial charge on any atom is 0.490 e. The summed E-state index contributed by atoms with van der Waals surface area (Å²) in [5.41, 5.74) is 1.87. The van der Waals surface area contributed by atoms with Crippen LogP contribution in [0.25, 0.3) is 0 Å². The van der Waals surface area contributed by atoms with Gasteiger partial charge in [0, 0.05) is 44.6 Å². The number of pyridine rings is 1. The van der Waals surface area contributed by atoms with Crippen LogP contribution in [0.5, 0.6) is 0 Å². The van der Waals surface area contributed by atoms with Gasteiger partial charge >= 0.3 is 36.4 Å². The Kier molecular flexibility index (Phi) is 14.6. The molecular weight excluding hydrogens is 656 g/mol. The highest BCUT2D eigenvalue weighted by atomic mass is 19.4. The van der Waals surface area contributed by atoms with E-state index >= 15 is 0 Å². The van der Waals surface area contributed by atoms with Crippen molar-refractivity contribution in [2.45, 2.75) is 43.5 Å². The Labute approximate surface area is 253 Å². The molecule has 10 nitrogen and oxygen atoms in total. The maximum atomic E-state index is 13.6. The third-order valence-corrected chi connectivity index (χ3v) is 5.88. The summed E-state index contributed by atoms with van der Waals surface area (Å²) < 4.78 is 115. The summed E-state index contributed by atoms with van der Waals surface area (Å²) in [5.74, 6) is -8.45. The van der Waals surface area contributed by atoms with Crippen molar-refractivity contribution in [3.05, 3.63) is 60.2 Å². The largest absolute Gasteiger partial charge is 0.490 e. The number of piperidine rings is 1. The lowest BCUT2D eigenvalue weighted by Gasteiger charge is -2.48. The Morgan fingerprint density at radius 3 is 1.80 bits per heavy atom. The number of ether oxygens (including phenoxy) is 1. The summed E-state index contributed by atoms with van der Waals surface area (Å²) in [4.78, 5) is 35.8. The van der Waals surface area contributed by atoms with Gasteiger partial charge < -0.3 is 25.0 Å². The first-order chi connectivity index (χ1) is 21.1. The van der Waals surface area contributed by atoms with Crippen LogP contribution in [0.2, 0.25) is 0 Å². The molecule has 0 saturated carbocycles. The molecule has 3 N–H and O–H groups in total. The van der Waals surface area contributed by atoms with Crippen molar-refractivity contribution in [1.82, 2.24) is 9.88 Å². The summed E-state index contributed by atoms with van der Waals surface area (Å²) >= 11 is 0. The van der Waals surface area contributed by atoms with E-state index in [2.05, 4.69) is 20.9 Å². The van der Waals surface area contributed by atoms with E-state index in [1.54, 1.807) is 12.1 Å². The maximum absolute atomic E-state index is 13.6. The standard InChI is InChI=1S/C20H24FN3O.3C2HF3O2/c21-17-5-3-7-19(13-17)24-10-4-8-20(16-24)15-23(11-12-25-20)14-18-6-1-2-9-22-18;3*3-2(4,5)1(6)7/h1-3,5-7,9,13H,4,8,10-12,14-16H2;3*(H,6,7). The number of anilines is 1. The molecule has 4 rings (SSSR count). The molecule has 1 unspecified atom stereocenters. The zero-order valence-corrected chi connectivity index (χ0v) is 23.4. The number of rotatable bonds is 3. The number of morpholine rings is 1. The van der Waals surface area contributed by atoms with Gasteiger partial charge in [0.25, 0.3) is 0 Å². The average Bonchev–Trinajstić information content (AvgIpc) is 2.93. The van der Waals surface area contributed by atoms with Crippen molar-refractivity contribution in [3.63, 3.8) is 0 Å². The summed E-state index contributed by atoms with van der Waals surface area (Å²) in [6, 6.07) is 12.9. The van der Waals surface area contributed by atoms with Gasteiger partial charge in [0.1, 0.15) is 5.82 Å². The molecule has 0 amide bonds. The molecule has 20 heteroatoms. The minimum Gasteiger partial charge on any atom is -0.475 e. The molecule has 3 heterocycles. The molecule has 1 atom stereocenters. The number of halogens is 10. The Morgan fingerprint density at radius 2 is 1.35 bits per heavy atom. The zero-order chi connectivity index (χ0) is 35.3. The van der Waals surface area contributed by atoms with Crippen molar-refractivity contribution >= 4 is 23.6 Å². The van der Waals surface area contributed by atoms with Gasteiger partial charge in [0.05, 0.1) is 17.9 Å². The second kappa shape index (κ2) is 16.9. The van der Waals surface area contributed by atoms with Crippen molar-refractivity contribution in [3.8, 4) is 0 Å². The van der Waals surface area contributed by atoms with Gasteiger partial charge in [0.15, 0.2) is 0 Å². The van der Waals surface area contributed by atoms with E-state index in [0.29, 0.717) is 0 Å². The van der Waals surface area contributed by atoms with Gasteiger partial charge in [0.2, 0.25) is 0 Å². The fourth-order valence-electron chi connectivity index (χ4n) is 4.02. The third kappa shape index (κ3) is 14.7. The van der Waals surface area contributed by atoms with Crippen LogP contribution in [-0.4, -0.2) is 100 Å². The molecule has 258 valence electrons. The molecule has 46 heavy (non-hydrogen) atoms. The van der Waals surface area contributed by atoms with Gasteiger partial charge in [-0.3, -0.25) is 9.88 Å². The first-order valence-electron chi connectivity index (χ1n) is 12.7. The number of carboxylic acids is 3. The number of carboxylic acid groups (broad SMARTS) is 3. The number of hydrogen-bond acceptors (Lipinski definition) is 7. The molecule has 0 aliphatic carbocycles. The van der Waals surface area contributed by atoms with Crippen molar-refractivity contribution in [1.29, 1.82) is 0 Å². The van der Waals surface area contributed by atoms with E-state index in [9.17, 15) is 43.9 Å². The lowest BCUT2D eigenvalue weighted by atomic mass is 9.90. The van der Waals surface area contributed by atoms with Crippen molar-refractivity contribution < 1.29 is 78.3 Å². The zero-order valence-electron chi connectivity index (χ0n) is 23.4. The third-order valence-electron chi connectivity index (χ3n) is 5.88. The number of carbonyl (C=O) groups is 3. The van der Waals surface area contributed by atoms with Crippen LogP contribution in [0.15, 0.2) is 48.7 Å². The van der Waals surface area contributed by atoms with Crippen LogP contribution in [0, 0.1) is 5.82 Å². The van der Waals surface area contributed by atoms with Crippen LogP contribution >= 0.6 is 0 Å². The molecule has 2 aliphatic heterocycles. The lowest BCUT2D eigenvalue weighted by molar-refractivity contribution is -0.193. The summed E-state index contributed by atoms with van der Waals surface area (Å²) in [6.07, 6.45) is -11.3. The van der Waals surface area contributed by atoms with Gasteiger partial charge in [-0.15, -0.1) is 0 Å². The van der Waals surface area contributed by atoms with Crippen LogP contribution in [0.4, 0.5) is 49.6 Å². The Hall–Kier alpha value is -4.20. The second-order valence-corrected chi connectivity index (χ2v) is 9.48. The van der Waals surface area contributed by atoms with Crippen LogP contribution in [-0.2, 0) is 25.7 Å². The normalized spacial score (nSPS) is 18.5. The van der Waals surface area contributed by atoms with Crippen LogP contribution < -0.4 is 4.90 Å². The lowest BCUT2D eigenvalue weighted by Crippen LogP contribution is -2.59. The predicted molar refractivity (Wildman–Crippen MR) is 137 cm³/mol. The molecule has 1 aromatic carbocycles. The fraction of sp³-hybridized carbons (Fsp3) is 0.462. The molecule has 0 bridgehead atoms. The summed E-state index contributed by atoms with van der Waals surface area (Å²) in [6.45, 7) is 5.19. The average molecular weight is 683 g/mol. The number of aromatic nitrogens is 1. The molecule has 1 aromatic heterocycles. The van der Waals surface area contributed by atoms with E-state index in [4.69, 9.17) is 34.4 Å². The molecule has 2 fully saturated rings. The van der Waals surface area contributed by atoms with Gasteiger partial charge in [-0.05, 0) is 43.2 Å². The fourth-order valence-corrected chi connectivity index (χ4v) is 4.02. The van der Waals surface area contributed by atoms with Crippen molar-refractivity contribution in [2.75, 3.05) is 37.7 Å². The summed E-state index contributed by atoms with van der Waals surface area (Å²) in [7, 11) is 0. The summed E-state index contributed by atoms with van der Waals surface area (Å²) in [5, 5.41) is 21.4. The van der Waals surface area contributed by atoms with Crippen LogP contribution in [0.1, 0.15) is 18.5 Å². The number of hydrogen-bond donors (Lipinski definition) is 3. The van der Waals surface area contributed by atoms with E-state index in [-0.39, 0.29) is 11.4 Å². The predicted octanol–water partition coefficient (Wildman–Crippen LogP) is 4.99. The molecule has 2 saturated heterocycles. The van der Waals surface area contributed by atoms with Gasteiger partial charge in [-0.25, -0.2) is 18.8 Å². The first-order valence-corrected chi connectivity index (χ1v) is 12.7. The second-order valence-electron chi connectivity index (χ2n) is 9.48. The first kappa shape index (κ1) is 39.8. The van der Waals surface area contributed by atoms with Crippen molar-refractivity contribution in [2.24, 2.45) is 0 Å². The number of benzene rings is 1. The van der Waals surface area contributed by atoms with Crippen LogP contribution in [0.3, 0.4) is 0 Å². The molecule has 2 aliphatic rings. The highest BCUT2D eigenvalue weighted by molar-refractivity contribution is 5.73. The van der Waals surface area contributed by atoms with E-state index in [0.717, 1.165) is 63.6 Å². The quantitative estimate of drug-likeness (QED) is 0.379. The van der Waals surface area contributed by atoms with Gasteiger partial charge in [-0.2, -0.15) is 39.5 Å². The Balaban J connectivity index is 0.000000413. The molecule has 1 spiro atoms. The highest BCUT2D eigenvalue weighted by Gasteiger charge is 2.41. The number of aliphatic carboxylic acids is 3. The monoisotopic (exact) mass is 683 g/mol. The van der Waals surface area contributed by atoms with E-state index in [1.807, 2.05) is 24.4 Å². The smallest absolute Gasteiger partial charge is 0.475 e. The minimum atomic E-state index is -5.08. The van der Waals surface area contributed by atoms with E-state index in [1.165, 1.54) is 6.07 Å². The molecule has 0 radical (unpaired) electrons. The molecule has 2 aromatic rings. The minimum absolute atomic E-state index is 0.169. The topological polar surface area (TPSA) is 140 Å². The SMILES string of the molecule is Fc1cccc(N2CCCC3(CN(Cc4ccccn4)CCO3)C2)c1.O=C(O)C(F)(F)F.O=C(O)C(F)(F)F.O=C(O)C(F)(F)F. The Bertz CT molecular complexity index is 1220. The number of nitrogens with zero attached hydrogens (tertiary/aromatic N) is 3. The number of alkyl halides is 9. The Morgan fingerprint density at radius 1 is 0.804 bits per heavy atom.